The highest BCUT2D eigenvalue weighted by Gasteiger charge is 2.52. The molecule has 1 aromatic carbocycles. The molecule has 7 rings (SSSR count). The first-order chi connectivity index (χ1) is 18.8. The van der Waals surface area contributed by atoms with Gasteiger partial charge in [0.05, 0.1) is 5.02 Å². The molecule has 0 aliphatic heterocycles. The van der Waals surface area contributed by atoms with Gasteiger partial charge in [0.15, 0.2) is 5.82 Å². The number of aromatic nitrogens is 6. The molecule has 3 aliphatic rings. The molecule has 3 saturated carbocycles. The third-order valence-electron chi connectivity index (χ3n) is 8.16. The molecule has 202 valence electrons. The summed E-state index contributed by atoms with van der Waals surface area (Å²) in [6, 6.07) is 5.59. The number of halogens is 2. The Kier molecular flexibility index (Phi) is 6.29. The Balaban J connectivity index is 1.14. The van der Waals surface area contributed by atoms with Crippen molar-refractivity contribution in [3.8, 4) is 0 Å². The first kappa shape index (κ1) is 25.4. The van der Waals surface area contributed by atoms with E-state index in [9.17, 15) is 14.0 Å². The molecule has 2 amide bonds. The Bertz CT molecular complexity index is 1560. The lowest BCUT2D eigenvalue weighted by Crippen LogP contribution is -2.49. The maximum atomic E-state index is 13.4. The summed E-state index contributed by atoms with van der Waals surface area (Å²) in [4.78, 5) is 39.0. The molecular formula is C26H26ClFN8O3. The molecule has 2 N–H and O–H groups in total. The molecule has 13 heteroatoms. The lowest BCUT2D eigenvalue weighted by atomic mass is 9.53. The Hall–Kier alpha value is -3.93. The summed E-state index contributed by atoms with van der Waals surface area (Å²) < 4.78 is 20.3. The Morgan fingerprint density at radius 1 is 1.08 bits per heavy atom. The molecule has 0 atom stereocenters. The van der Waals surface area contributed by atoms with Crippen LogP contribution in [0.4, 0.5) is 4.39 Å². The predicted octanol–water partition coefficient (Wildman–Crippen LogP) is 3.56. The van der Waals surface area contributed by atoms with Crippen LogP contribution in [0.5, 0.6) is 0 Å². The van der Waals surface area contributed by atoms with E-state index >= 15 is 0 Å². The van der Waals surface area contributed by atoms with Crippen molar-refractivity contribution in [1.82, 2.24) is 40.4 Å². The lowest BCUT2D eigenvalue weighted by Gasteiger charge is -2.51. The van der Waals surface area contributed by atoms with Gasteiger partial charge in [0.2, 0.25) is 5.89 Å². The van der Waals surface area contributed by atoms with Gasteiger partial charge >= 0.3 is 0 Å². The minimum absolute atomic E-state index is 0.00236. The minimum Gasteiger partial charge on any atom is -0.350 e. The molecule has 0 unspecified atom stereocenters. The van der Waals surface area contributed by atoms with Crippen molar-refractivity contribution in [3.05, 3.63) is 70.1 Å². The molecule has 3 fully saturated rings. The molecule has 0 spiro atoms. The van der Waals surface area contributed by atoms with Gasteiger partial charge in [-0.25, -0.2) is 9.37 Å². The maximum Gasteiger partial charge on any atom is 0.270 e. The number of hydrogen-bond donors (Lipinski definition) is 2. The van der Waals surface area contributed by atoms with Crippen LogP contribution in [0.2, 0.25) is 5.02 Å². The molecule has 2 bridgehead atoms. The fraction of sp³-hybridized carbons (Fsp3) is 0.423. The SMILES string of the molecule is Cc1noc(C23CCC(CNC(=O)c4cc(C(=O)NCc5ccc(F)c(Cl)c5)nc5ncnn45)(CC2)CC3)n1. The quantitative estimate of drug-likeness (QED) is 0.354. The number of carbonyl (C=O) groups is 2. The van der Waals surface area contributed by atoms with E-state index in [0.717, 1.165) is 44.4 Å². The normalized spacial score (nSPS) is 22.2. The molecule has 0 saturated heterocycles. The molecular weight excluding hydrogens is 527 g/mol. The van der Waals surface area contributed by atoms with Crippen molar-refractivity contribution in [3.63, 3.8) is 0 Å². The van der Waals surface area contributed by atoms with Gasteiger partial charge in [-0.3, -0.25) is 9.59 Å². The van der Waals surface area contributed by atoms with Crippen LogP contribution < -0.4 is 10.6 Å². The third kappa shape index (κ3) is 4.73. The molecule has 3 aromatic heterocycles. The van der Waals surface area contributed by atoms with Crippen LogP contribution in [0.15, 0.2) is 35.1 Å². The van der Waals surface area contributed by atoms with Crippen LogP contribution in [0.3, 0.4) is 0 Å². The first-order valence-corrected chi connectivity index (χ1v) is 13.2. The standard InChI is InChI=1S/C26H26ClFN8O3/c1-15-33-23(39-35-15)26-7-4-25(5-8-26,6-9-26)13-30-22(38)20-11-19(34-24-31-14-32-36(20)24)21(37)29-12-16-2-3-18(28)17(27)10-16/h2-3,10-11,14H,4-9,12-13H2,1H3,(H,29,37)(H,30,38). The smallest absolute Gasteiger partial charge is 0.270 e. The average Bonchev–Trinajstić information content (AvgIpc) is 3.62. The highest BCUT2D eigenvalue weighted by atomic mass is 35.5. The molecule has 39 heavy (non-hydrogen) atoms. The lowest BCUT2D eigenvalue weighted by molar-refractivity contribution is 0.0228. The van der Waals surface area contributed by atoms with Crippen molar-refractivity contribution < 1.29 is 18.5 Å². The fourth-order valence-corrected chi connectivity index (χ4v) is 5.94. The molecule has 0 radical (unpaired) electrons. The summed E-state index contributed by atoms with van der Waals surface area (Å²) in [6.45, 7) is 2.44. The van der Waals surface area contributed by atoms with Crippen molar-refractivity contribution >= 4 is 29.2 Å². The van der Waals surface area contributed by atoms with E-state index in [2.05, 4.69) is 35.8 Å². The van der Waals surface area contributed by atoms with E-state index in [-0.39, 0.29) is 45.5 Å². The van der Waals surface area contributed by atoms with Gasteiger partial charge in [0.1, 0.15) is 23.5 Å². The van der Waals surface area contributed by atoms with E-state index < -0.39 is 11.7 Å². The highest BCUT2D eigenvalue weighted by Crippen LogP contribution is 2.57. The monoisotopic (exact) mass is 552 g/mol. The van der Waals surface area contributed by atoms with Crippen molar-refractivity contribution in [2.45, 2.75) is 57.4 Å². The van der Waals surface area contributed by atoms with Crippen LogP contribution in [0, 0.1) is 18.2 Å². The zero-order chi connectivity index (χ0) is 27.2. The van der Waals surface area contributed by atoms with Gasteiger partial charge in [-0.2, -0.15) is 19.6 Å². The number of benzene rings is 1. The van der Waals surface area contributed by atoms with Crippen LogP contribution in [-0.2, 0) is 12.0 Å². The van der Waals surface area contributed by atoms with Gasteiger partial charge < -0.3 is 15.2 Å². The van der Waals surface area contributed by atoms with E-state index in [1.165, 1.54) is 35.1 Å². The summed E-state index contributed by atoms with van der Waals surface area (Å²) in [5.41, 5.74) is 0.728. The summed E-state index contributed by atoms with van der Waals surface area (Å²) in [5.74, 6) is 0.0985. The first-order valence-electron chi connectivity index (χ1n) is 12.8. The van der Waals surface area contributed by atoms with Gasteiger partial charge in [0, 0.05) is 24.6 Å². The van der Waals surface area contributed by atoms with E-state index in [1.54, 1.807) is 0 Å². The fourth-order valence-electron chi connectivity index (χ4n) is 5.73. The predicted molar refractivity (Wildman–Crippen MR) is 137 cm³/mol. The average molecular weight is 553 g/mol. The zero-order valence-corrected chi connectivity index (χ0v) is 22.0. The summed E-state index contributed by atoms with van der Waals surface area (Å²) in [5, 5.41) is 13.8. The Morgan fingerprint density at radius 3 is 2.54 bits per heavy atom. The van der Waals surface area contributed by atoms with E-state index in [1.807, 2.05) is 6.92 Å². The van der Waals surface area contributed by atoms with Gasteiger partial charge in [0.25, 0.3) is 17.6 Å². The maximum absolute atomic E-state index is 13.4. The minimum atomic E-state index is -0.538. The topological polar surface area (TPSA) is 140 Å². The summed E-state index contributed by atoms with van der Waals surface area (Å²) in [6.07, 6.45) is 6.95. The van der Waals surface area contributed by atoms with Crippen LogP contribution in [0.1, 0.15) is 76.8 Å². The van der Waals surface area contributed by atoms with E-state index in [4.69, 9.17) is 16.1 Å². The number of fused-ring (bicyclic) bond motifs is 4. The van der Waals surface area contributed by atoms with E-state index in [0.29, 0.717) is 17.9 Å². The second-order valence-electron chi connectivity index (χ2n) is 10.5. The number of hydrogen-bond acceptors (Lipinski definition) is 8. The largest absolute Gasteiger partial charge is 0.350 e. The van der Waals surface area contributed by atoms with Crippen molar-refractivity contribution in [1.29, 1.82) is 0 Å². The third-order valence-corrected chi connectivity index (χ3v) is 8.45. The number of nitrogens with zero attached hydrogens (tertiary/aromatic N) is 6. The van der Waals surface area contributed by atoms with Gasteiger partial charge in [-0.05, 0) is 68.6 Å². The van der Waals surface area contributed by atoms with Gasteiger partial charge in [-0.15, -0.1) is 0 Å². The molecule has 4 aromatic rings. The Labute approximate surface area is 227 Å². The number of nitrogens with one attached hydrogen (secondary N) is 2. The van der Waals surface area contributed by atoms with Crippen LogP contribution in [0.25, 0.3) is 5.78 Å². The highest BCUT2D eigenvalue weighted by molar-refractivity contribution is 6.30. The Morgan fingerprint density at radius 2 is 1.85 bits per heavy atom. The summed E-state index contributed by atoms with van der Waals surface area (Å²) in [7, 11) is 0. The number of carbonyl (C=O) groups excluding carboxylic acids is 2. The van der Waals surface area contributed by atoms with Crippen LogP contribution >= 0.6 is 11.6 Å². The second-order valence-corrected chi connectivity index (χ2v) is 10.9. The number of rotatable bonds is 7. The molecule has 11 nitrogen and oxygen atoms in total. The second kappa shape index (κ2) is 9.67. The summed E-state index contributed by atoms with van der Waals surface area (Å²) >= 11 is 5.83. The van der Waals surface area contributed by atoms with Crippen LogP contribution in [-0.4, -0.2) is 48.1 Å². The molecule has 3 heterocycles. The van der Waals surface area contributed by atoms with Crippen molar-refractivity contribution in [2.24, 2.45) is 5.41 Å². The van der Waals surface area contributed by atoms with Gasteiger partial charge in [-0.1, -0.05) is 22.8 Å². The molecule has 3 aliphatic carbocycles. The number of aryl methyl sites for hydroxylation is 1. The van der Waals surface area contributed by atoms with Crippen molar-refractivity contribution in [2.75, 3.05) is 6.54 Å². The number of amides is 2. The zero-order valence-electron chi connectivity index (χ0n) is 21.2.